The molecular formula is C20H18FN3O. The molecule has 0 amide bonds. The lowest BCUT2D eigenvalue weighted by atomic mass is 9.85. The Bertz CT molecular complexity index is 1050. The molecule has 1 aliphatic heterocycles. The summed E-state index contributed by atoms with van der Waals surface area (Å²) in [5, 5.41) is 0.322. The molecule has 25 heavy (non-hydrogen) atoms. The summed E-state index contributed by atoms with van der Waals surface area (Å²) < 4.78 is 15.7. The lowest BCUT2D eigenvalue weighted by molar-refractivity contribution is 0.560. The van der Waals surface area contributed by atoms with Crippen LogP contribution in [0.4, 0.5) is 4.39 Å². The molecule has 4 nitrogen and oxygen atoms in total. The summed E-state index contributed by atoms with van der Waals surface area (Å²) in [6.07, 6.45) is 9.44. The van der Waals surface area contributed by atoms with Crippen LogP contribution in [0.5, 0.6) is 0 Å². The number of hydrogen-bond acceptors (Lipinski definition) is 3. The minimum Gasteiger partial charge on any atom is -0.324 e. The highest BCUT2D eigenvalue weighted by molar-refractivity contribution is 5.82. The van der Waals surface area contributed by atoms with Crippen molar-refractivity contribution in [3.63, 3.8) is 0 Å². The topological polar surface area (TPSA) is 60.9 Å². The highest BCUT2D eigenvalue weighted by Crippen LogP contribution is 2.47. The van der Waals surface area contributed by atoms with Gasteiger partial charge in [-0.3, -0.25) is 9.36 Å². The quantitative estimate of drug-likeness (QED) is 0.917. The molecule has 0 radical (unpaired) electrons. The van der Waals surface area contributed by atoms with Gasteiger partial charge in [0.1, 0.15) is 11.6 Å². The predicted molar refractivity (Wildman–Crippen MR) is 94.7 cm³/mol. The molecule has 2 aliphatic carbocycles. The Labute approximate surface area is 144 Å². The Kier molecular flexibility index (Phi) is 2.95. The van der Waals surface area contributed by atoms with Gasteiger partial charge in [-0.2, -0.15) is 0 Å². The molecule has 5 rings (SSSR count). The Morgan fingerprint density at radius 3 is 2.64 bits per heavy atom. The summed E-state index contributed by atoms with van der Waals surface area (Å²) in [5.41, 5.74) is 9.55. The number of fused-ring (bicyclic) bond motifs is 4. The van der Waals surface area contributed by atoms with Crippen LogP contribution in [0.25, 0.3) is 10.9 Å². The minimum absolute atomic E-state index is 0.162. The van der Waals surface area contributed by atoms with Crippen molar-refractivity contribution in [2.45, 2.75) is 31.8 Å². The van der Waals surface area contributed by atoms with Crippen molar-refractivity contribution in [2.75, 3.05) is 0 Å². The minimum atomic E-state index is -0.442. The summed E-state index contributed by atoms with van der Waals surface area (Å²) in [6.45, 7) is 2.41. The van der Waals surface area contributed by atoms with Crippen molar-refractivity contribution in [3.8, 4) is 0 Å². The van der Waals surface area contributed by atoms with Crippen LogP contribution in [0, 0.1) is 11.7 Å². The number of benzene rings is 1. The van der Waals surface area contributed by atoms with Crippen LogP contribution in [-0.4, -0.2) is 9.55 Å². The van der Waals surface area contributed by atoms with Gasteiger partial charge in [0.15, 0.2) is 0 Å². The first-order chi connectivity index (χ1) is 12.0. The van der Waals surface area contributed by atoms with Crippen LogP contribution >= 0.6 is 0 Å². The van der Waals surface area contributed by atoms with E-state index >= 15 is 0 Å². The van der Waals surface area contributed by atoms with Gasteiger partial charge in [0, 0.05) is 24.4 Å². The first-order valence-electron chi connectivity index (χ1n) is 8.64. The van der Waals surface area contributed by atoms with Gasteiger partial charge in [0.2, 0.25) is 0 Å². The predicted octanol–water partition coefficient (Wildman–Crippen LogP) is 3.10. The molecular weight excluding hydrogens is 317 g/mol. The van der Waals surface area contributed by atoms with Gasteiger partial charge < -0.3 is 5.73 Å². The summed E-state index contributed by atoms with van der Waals surface area (Å²) in [5.74, 6) is 0.830. The Balaban J connectivity index is 1.74. The van der Waals surface area contributed by atoms with E-state index < -0.39 is 5.82 Å². The molecule has 0 saturated carbocycles. The molecule has 2 heterocycles. The second-order valence-corrected chi connectivity index (χ2v) is 7.15. The van der Waals surface area contributed by atoms with Crippen molar-refractivity contribution in [2.24, 2.45) is 11.7 Å². The molecule has 2 bridgehead atoms. The maximum Gasteiger partial charge on any atom is 0.261 e. The molecule has 3 aliphatic rings. The smallest absolute Gasteiger partial charge is 0.261 e. The standard InChI is InChI=1S/C20H18FN3O/c1-10(22)15-8-13(21)9-16-18(15)23-19-14(6-7-24(19)20(16)25)17-11-2-3-12(17)5-4-11/h2-5,8-10,14,17H,6-7,22H2,1H3. The van der Waals surface area contributed by atoms with Crippen LogP contribution < -0.4 is 11.3 Å². The number of nitrogens with two attached hydrogens (primary N) is 1. The molecule has 1 aromatic carbocycles. The zero-order valence-electron chi connectivity index (χ0n) is 13.9. The van der Waals surface area contributed by atoms with Gasteiger partial charge >= 0.3 is 0 Å². The molecule has 5 heteroatoms. The molecule has 2 atom stereocenters. The monoisotopic (exact) mass is 335 g/mol. The van der Waals surface area contributed by atoms with Crippen molar-refractivity contribution in [3.05, 3.63) is 75.1 Å². The third-order valence-corrected chi connectivity index (χ3v) is 5.63. The first kappa shape index (κ1) is 14.8. The largest absolute Gasteiger partial charge is 0.324 e. The van der Waals surface area contributed by atoms with Gasteiger partial charge in [-0.15, -0.1) is 0 Å². The lowest BCUT2D eigenvalue weighted by Gasteiger charge is -2.20. The van der Waals surface area contributed by atoms with E-state index in [0.717, 1.165) is 12.2 Å². The molecule has 2 unspecified atom stereocenters. The Morgan fingerprint density at radius 2 is 2.00 bits per heavy atom. The highest BCUT2D eigenvalue weighted by atomic mass is 19.1. The Morgan fingerprint density at radius 1 is 1.28 bits per heavy atom. The van der Waals surface area contributed by atoms with Crippen molar-refractivity contribution in [1.29, 1.82) is 0 Å². The van der Waals surface area contributed by atoms with Crippen LogP contribution in [0.3, 0.4) is 0 Å². The fourth-order valence-electron chi connectivity index (χ4n) is 4.46. The zero-order chi connectivity index (χ0) is 17.3. The second-order valence-electron chi connectivity index (χ2n) is 7.15. The van der Waals surface area contributed by atoms with E-state index in [1.807, 2.05) is 0 Å². The van der Waals surface area contributed by atoms with Crippen LogP contribution in [-0.2, 0) is 6.54 Å². The molecule has 126 valence electrons. The van der Waals surface area contributed by atoms with E-state index in [4.69, 9.17) is 10.7 Å². The van der Waals surface area contributed by atoms with E-state index in [0.29, 0.717) is 23.0 Å². The average molecular weight is 335 g/mol. The zero-order valence-corrected chi connectivity index (χ0v) is 13.9. The van der Waals surface area contributed by atoms with Crippen molar-refractivity contribution >= 4 is 10.9 Å². The average Bonchev–Trinajstić information content (AvgIpc) is 3.28. The van der Waals surface area contributed by atoms with E-state index in [2.05, 4.69) is 24.3 Å². The van der Waals surface area contributed by atoms with Gasteiger partial charge in [-0.05, 0) is 42.2 Å². The third-order valence-electron chi connectivity index (χ3n) is 5.63. The van der Waals surface area contributed by atoms with Crippen molar-refractivity contribution in [1.82, 2.24) is 9.55 Å². The molecule has 1 aromatic heterocycles. The normalized spacial score (nSPS) is 22.4. The second kappa shape index (κ2) is 4.99. The molecule has 0 spiro atoms. The highest BCUT2D eigenvalue weighted by Gasteiger charge is 2.39. The molecule has 2 N–H and O–H groups in total. The van der Waals surface area contributed by atoms with Gasteiger partial charge in [-0.25, -0.2) is 9.37 Å². The number of nitrogens with zero attached hydrogens (tertiary/aromatic N) is 2. The summed E-state index contributed by atoms with van der Waals surface area (Å²) >= 11 is 0. The van der Waals surface area contributed by atoms with Gasteiger partial charge in [0.05, 0.1) is 10.9 Å². The number of halogens is 1. The maximum atomic E-state index is 14.0. The van der Waals surface area contributed by atoms with E-state index in [1.165, 1.54) is 23.3 Å². The van der Waals surface area contributed by atoms with E-state index in [1.54, 1.807) is 11.5 Å². The van der Waals surface area contributed by atoms with Gasteiger partial charge in [-0.1, -0.05) is 24.3 Å². The molecule has 0 fully saturated rings. The SMILES string of the molecule is CC(N)c1cc(F)cc2c(=O)n3c(nc12)C(C1C2=CC=C1C=C2)CC3. The lowest BCUT2D eigenvalue weighted by Crippen LogP contribution is -2.24. The van der Waals surface area contributed by atoms with Crippen LogP contribution in [0.1, 0.15) is 36.7 Å². The fraction of sp³-hybridized carbons (Fsp3) is 0.300. The van der Waals surface area contributed by atoms with Crippen LogP contribution in [0.2, 0.25) is 0 Å². The third kappa shape index (κ3) is 1.96. The van der Waals surface area contributed by atoms with Crippen molar-refractivity contribution < 1.29 is 4.39 Å². The fourth-order valence-corrected chi connectivity index (χ4v) is 4.46. The number of aromatic nitrogens is 2. The maximum absolute atomic E-state index is 14.0. The van der Waals surface area contributed by atoms with E-state index in [9.17, 15) is 9.18 Å². The summed E-state index contributed by atoms with van der Waals surface area (Å²) in [7, 11) is 0. The first-order valence-corrected chi connectivity index (χ1v) is 8.64. The van der Waals surface area contributed by atoms with Crippen LogP contribution in [0.15, 0.2) is 52.4 Å². The molecule has 0 saturated heterocycles. The summed E-state index contributed by atoms with van der Waals surface area (Å²) in [4.78, 5) is 17.8. The van der Waals surface area contributed by atoms with Gasteiger partial charge in [0.25, 0.3) is 5.56 Å². The molecule has 2 aromatic rings. The number of rotatable bonds is 2. The number of hydrogen-bond donors (Lipinski definition) is 1. The number of allylic oxidation sites excluding steroid dienone is 6. The summed E-state index contributed by atoms with van der Waals surface area (Å²) in [6, 6.07) is 2.29. The van der Waals surface area contributed by atoms with E-state index in [-0.39, 0.29) is 23.4 Å². The Hall–Kier alpha value is -2.53.